The number of rotatable bonds is 9. The summed E-state index contributed by atoms with van der Waals surface area (Å²) >= 11 is 1.34. The molecule has 1 aromatic heterocycles. The van der Waals surface area contributed by atoms with E-state index in [1.54, 1.807) is 11.8 Å². The van der Waals surface area contributed by atoms with Crippen LogP contribution in [0.2, 0.25) is 0 Å². The highest BCUT2D eigenvalue weighted by atomic mass is 32.2. The van der Waals surface area contributed by atoms with E-state index in [-0.39, 0.29) is 17.8 Å². The number of carbonyl (C=O) groups excluding carboxylic acids is 1. The van der Waals surface area contributed by atoms with Gasteiger partial charge in [-0.3, -0.25) is 4.79 Å². The fourth-order valence-corrected chi connectivity index (χ4v) is 3.43. The van der Waals surface area contributed by atoms with E-state index < -0.39 is 0 Å². The van der Waals surface area contributed by atoms with Crippen LogP contribution in [0.15, 0.2) is 29.4 Å². The molecule has 1 N–H and O–H groups in total. The lowest BCUT2D eigenvalue weighted by molar-refractivity contribution is -0.118. The van der Waals surface area contributed by atoms with Crippen molar-refractivity contribution in [3.63, 3.8) is 0 Å². The fourth-order valence-electron chi connectivity index (χ4n) is 2.72. The second-order valence-corrected chi connectivity index (χ2v) is 6.96. The van der Waals surface area contributed by atoms with Crippen molar-refractivity contribution in [1.82, 2.24) is 25.5 Å². The molecule has 1 aliphatic heterocycles. The highest BCUT2D eigenvalue weighted by molar-refractivity contribution is 7.99. The van der Waals surface area contributed by atoms with Gasteiger partial charge in [-0.25, -0.2) is 4.68 Å². The molecule has 1 fully saturated rings. The van der Waals surface area contributed by atoms with Crippen LogP contribution in [0, 0.1) is 0 Å². The smallest absolute Gasteiger partial charge is 0.230 e. The number of tetrazole rings is 1. The fraction of sp³-hybridized carbons (Fsp3) is 0.529. The van der Waals surface area contributed by atoms with Gasteiger partial charge in [0.15, 0.2) is 0 Å². The molecule has 1 aromatic carbocycles. The zero-order valence-corrected chi connectivity index (χ0v) is 15.6. The number of thioether (sulfide) groups is 1. The topological polar surface area (TPSA) is 91.2 Å². The second-order valence-electron chi connectivity index (χ2n) is 6.02. The normalized spacial score (nSPS) is 16.6. The first kappa shape index (κ1) is 18.7. The number of aromatic nitrogens is 4. The van der Waals surface area contributed by atoms with E-state index in [0.717, 1.165) is 37.2 Å². The molecule has 9 heteroatoms. The van der Waals surface area contributed by atoms with Gasteiger partial charge in [0.25, 0.3) is 0 Å². The first-order valence-electron chi connectivity index (χ1n) is 8.65. The largest absolute Gasteiger partial charge is 0.497 e. The van der Waals surface area contributed by atoms with Crippen LogP contribution in [0.1, 0.15) is 18.4 Å². The Bertz CT molecular complexity index is 701. The Morgan fingerprint density at radius 2 is 2.27 bits per heavy atom. The molecule has 1 atom stereocenters. The lowest BCUT2D eigenvalue weighted by Crippen LogP contribution is -2.27. The van der Waals surface area contributed by atoms with Crippen LogP contribution in [0.3, 0.4) is 0 Å². The molecule has 0 unspecified atom stereocenters. The lowest BCUT2D eigenvalue weighted by atomic mass is 10.1. The van der Waals surface area contributed by atoms with Gasteiger partial charge in [0.1, 0.15) is 5.75 Å². The third-order valence-corrected chi connectivity index (χ3v) is 5.08. The van der Waals surface area contributed by atoms with E-state index in [0.29, 0.717) is 18.2 Å². The second kappa shape index (κ2) is 9.54. The molecule has 2 aromatic rings. The van der Waals surface area contributed by atoms with E-state index >= 15 is 0 Å². The Labute approximate surface area is 156 Å². The molecular formula is C17H23N5O3S. The van der Waals surface area contributed by atoms with Gasteiger partial charge < -0.3 is 14.8 Å². The van der Waals surface area contributed by atoms with Gasteiger partial charge in [0.05, 0.1) is 25.5 Å². The minimum absolute atomic E-state index is 0.0322. The summed E-state index contributed by atoms with van der Waals surface area (Å²) in [6, 6.07) is 7.83. The molecule has 1 amide bonds. The molecule has 3 rings (SSSR count). The Hall–Kier alpha value is -2.13. The number of hydrogen-bond donors (Lipinski definition) is 1. The zero-order valence-electron chi connectivity index (χ0n) is 14.8. The van der Waals surface area contributed by atoms with Crippen molar-refractivity contribution < 1.29 is 14.3 Å². The zero-order chi connectivity index (χ0) is 18.2. The summed E-state index contributed by atoms with van der Waals surface area (Å²) < 4.78 is 12.4. The number of methoxy groups -OCH3 is 1. The molecule has 0 saturated carbocycles. The van der Waals surface area contributed by atoms with Crippen LogP contribution in [-0.4, -0.2) is 58.2 Å². The number of nitrogens with zero attached hydrogens (tertiary/aromatic N) is 4. The quantitative estimate of drug-likeness (QED) is 0.659. The van der Waals surface area contributed by atoms with Gasteiger partial charge in [-0.05, 0) is 47.4 Å². The van der Waals surface area contributed by atoms with Crippen molar-refractivity contribution in [1.29, 1.82) is 0 Å². The Balaban J connectivity index is 1.38. The molecule has 0 aliphatic carbocycles. The third kappa shape index (κ3) is 5.43. The van der Waals surface area contributed by atoms with E-state index in [1.165, 1.54) is 11.8 Å². The Morgan fingerprint density at radius 3 is 3.00 bits per heavy atom. The van der Waals surface area contributed by atoms with Crippen molar-refractivity contribution >= 4 is 17.7 Å². The maximum Gasteiger partial charge on any atom is 0.230 e. The summed E-state index contributed by atoms with van der Waals surface area (Å²) in [7, 11) is 1.64. The summed E-state index contributed by atoms with van der Waals surface area (Å²) in [5, 5.41) is 15.2. The summed E-state index contributed by atoms with van der Waals surface area (Å²) in [5.74, 6) is 1.08. The summed E-state index contributed by atoms with van der Waals surface area (Å²) in [6.07, 6.45) is 3.04. The number of carbonyl (C=O) groups is 1. The number of ether oxygens (including phenoxy) is 2. The van der Waals surface area contributed by atoms with Gasteiger partial charge in [-0.1, -0.05) is 23.9 Å². The van der Waals surface area contributed by atoms with Crippen LogP contribution in [0.4, 0.5) is 0 Å². The molecular weight excluding hydrogens is 354 g/mol. The van der Waals surface area contributed by atoms with Crippen LogP contribution in [0.5, 0.6) is 5.75 Å². The van der Waals surface area contributed by atoms with E-state index in [9.17, 15) is 4.79 Å². The molecule has 2 heterocycles. The average Bonchev–Trinajstić information content (AvgIpc) is 3.33. The molecule has 8 nitrogen and oxygen atoms in total. The first-order chi connectivity index (χ1) is 12.7. The van der Waals surface area contributed by atoms with Crippen LogP contribution in [-0.2, 0) is 22.5 Å². The number of nitrogens with one attached hydrogen (secondary N) is 1. The standard InChI is InChI=1S/C17H23N5O3S/c1-24-14-6-4-13(5-7-14)8-9-18-16(23)12-26-17-19-20-21-22(17)11-15-3-2-10-25-15/h4-7,15H,2-3,8-12H2,1H3,(H,18,23)/t15-/m1/s1. The number of benzene rings is 1. The van der Waals surface area contributed by atoms with Gasteiger partial charge in [0, 0.05) is 13.2 Å². The number of hydrogen-bond acceptors (Lipinski definition) is 7. The Kier molecular flexibility index (Phi) is 6.84. The maximum absolute atomic E-state index is 12.0. The molecule has 0 spiro atoms. The van der Waals surface area contributed by atoms with Gasteiger partial charge >= 0.3 is 0 Å². The average molecular weight is 377 g/mol. The van der Waals surface area contributed by atoms with E-state index in [4.69, 9.17) is 9.47 Å². The Morgan fingerprint density at radius 1 is 1.42 bits per heavy atom. The minimum atomic E-state index is -0.0322. The summed E-state index contributed by atoms with van der Waals surface area (Å²) in [4.78, 5) is 12.0. The van der Waals surface area contributed by atoms with Crippen molar-refractivity contribution in [3.05, 3.63) is 29.8 Å². The third-order valence-electron chi connectivity index (χ3n) is 4.13. The van der Waals surface area contributed by atoms with E-state index in [2.05, 4.69) is 20.8 Å². The highest BCUT2D eigenvalue weighted by Crippen LogP contribution is 2.18. The molecule has 0 bridgehead atoms. The van der Waals surface area contributed by atoms with Gasteiger partial charge in [-0.15, -0.1) is 5.10 Å². The minimum Gasteiger partial charge on any atom is -0.497 e. The van der Waals surface area contributed by atoms with Crippen molar-refractivity contribution in [3.8, 4) is 5.75 Å². The van der Waals surface area contributed by atoms with Crippen LogP contribution < -0.4 is 10.1 Å². The monoisotopic (exact) mass is 377 g/mol. The van der Waals surface area contributed by atoms with E-state index in [1.807, 2.05) is 24.3 Å². The first-order valence-corrected chi connectivity index (χ1v) is 9.63. The molecule has 1 aliphatic rings. The number of amides is 1. The van der Waals surface area contributed by atoms with Crippen molar-refractivity contribution in [2.75, 3.05) is 26.0 Å². The summed E-state index contributed by atoms with van der Waals surface area (Å²) in [6.45, 7) is 2.02. The molecule has 1 saturated heterocycles. The van der Waals surface area contributed by atoms with Crippen LogP contribution >= 0.6 is 11.8 Å². The predicted octanol–water partition coefficient (Wildman–Crippen LogP) is 1.31. The highest BCUT2D eigenvalue weighted by Gasteiger charge is 2.19. The molecule has 140 valence electrons. The molecule has 0 radical (unpaired) electrons. The summed E-state index contributed by atoms with van der Waals surface area (Å²) in [5.41, 5.74) is 1.15. The molecule has 26 heavy (non-hydrogen) atoms. The lowest BCUT2D eigenvalue weighted by Gasteiger charge is -2.10. The SMILES string of the molecule is COc1ccc(CCNC(=O)CSc2nnnn2C[C@H]2CCCO2)cc1. The van der Waals surface area contributed by atoms with Crippen LogP contribution in [0.25, 0.3) is 0 Å². The van der Waals surface area contributed by atoms with Gasteiger partial charge in [0.2, 0.25) is 11.1 Å². The maximum atomic E-state index is 12.0. The predicted molar refractivity (Wildman–Crippen MR) is 97.2 cm³/mol. The van der Waals surface area contributed by atoms with Crippen molar-refractivity contribution in [2.24, 2.45) is 0 Å². The van der Waals surface area contributed by atoms with Crippen molar-refractivity contribution in [2.45, 2.75) is 37.1 Å². The van der Waals surface area contributed by atoms with Gasteiger partial charge in [-0.2, -0.15) is 0 Å².